The van der Waals surface area contributed by atoms with Crippen molar-refractivity contribution in [1.29, 1.82) is 0 Å². The quantitative estimate of drug-likeness (QED) is 0.368. The minimum absolute atomic E-state index is 0.00965. The number of nitrogens with two attached hydrogens (primary N) is 1. The van der Waals surface area contributed by atoms with Crippen molar-refractivity contribution in [3.05, 3.63) is 57.4 Å². The Labute approximate surface area is 135 Å². The fraction of sp³-hybridized carbons (Fsp3) is 0.286. The number of benzene rings is 1. The van der Waals surface area contributed by atoms with E-state index in [2.05, 4.69) is 0 Å². The number of ether oxygens (including phenoxy) is 1. The SMILES string of the molecule is NC1C(=O)N2C([N+](=O)[O-])=C(C(=O)OCc3ccccc3)CS[C@H]12. The summed E-state index contributed by atoms with van der Waals surface area (Å²) >= 11 is 1.22. The second-order valence-electron chi connectivity index (χ2n) is 5.06. The molecule has 0 radical (unpaired) electrons. The van der Waals surface area contributed by atoms with Gasteiger partial charge in [0.25, 0.3) is 0 Å². The van der Waals surface area contributed by atoms with Gasteiger partial charge in [0.15, 0.2) is 11.4 Å². The first kappa shape index (κ1) is 15.5. The van der Waals surface area contributed by atoms with Crippen molar-refractivity contribution in [2.45, 2.75) is 18.0 Å². The van der Waals surface area contributed by atoms with Gasteiger partial charge >= 0.3 is 17.7 Å². The normalized spacial score (nSPS) is 23.2. The zero-order valence-corrected chi connectivity index (χ0v) is 12.7. The van der Waals surface area contributed by atoms with Crippen molar-refractivity contribution in [3.63, 3.8) is 0 Å². The van der Waals surface area contributed by atoms with Gasteiger partial charge in [-0.05, 0) is 10.5 Å². The maximum atomic E-state index is 12.2. The summed E-state index contributed by atoms with van der Waals surface area (Å²) in [6.07, 6.45) is 0. The van der Waals surface area contributed by atoms with E-state index in [0.29, 0.717) is 0 Å². The molecule has 1 unspecified atom stereocenters. The molecule has 0 saturated carbocycles. The van der Waals surface area contributed by atoms with Crippen LogP contribution >= 0.6 is 11.8 Å². The number of fused-ring (bicyclic) bond motifs is 1. The highest BCUT2D eigenvalue weighted by molar-refractivity contribution is 8.00. The van der Waals surface area contributed by atoms with Gasteiger partial charge in [-0.3, -0.25) is 0 Å². The number of nitrogens with zero attached hydrogens (tertiary/aromatic N) is 2. The fourth-order valence-corrected chi connectivity index (χ4v) is 3.69. The first-order valence-electron chi connectivity index (χ1n) is 6.79. The number of thioether (sulfide) groups is 1. The molecule has 1 fully saturated rings. The zero-order valence-electron chi connectivity index (χ0n) is 11.9. The van der Waals surface area contributed by atoms with Gasteiger partial charge in [0, 0.05) is 5.75 Å². The number of carbonyl (C=O) groups excluding carboxylic acids is 2. The zero-order chi connectivity index (χ0) is 16.6. The molecule has 0 spiro atoms. The van der Waals surface area contributed by atoms with Crippen molar-refractivity contribution >= 4 is 23.6 Å². The van der Waals surface area contributed by atoms with Crippen LogP contribution in [0.4, 0.5) is 0 Å². The summed E-state index contributed by atoms with van der Waals surface area (Å²) in [4.78, 5) is 35.5. The highest BCUT2D eigenvalue weighted by Gasteiger charge is 2.59. The van der Waals surface area contributed by atoms with Crippen molar-refractivity contribution in [2.75, 3.05) is 5.75 Å². The molecule has 9 heteroatoms. The topological polar surface area (TPSA) is 116 Å². The Morgan fingerprint density at radius 2 is 2.13 bits per heavy atom. The second kappa shape index (κ2) is 6.01. The van der Waals surface area contributed by atoms with Gasteiger partial charge in [-0.2, -0.15) is 4.90 Å². The molecule has 0 aliphatic carbocycles. The summed E-state index contributed by atoms with van der Waals surface area (Å²) in [6.45, 7) is 0.00965. The van der Waals surface area contributed by atoms with E-state index >= 15 is 0 Å². The predicted octanol–water partition coefficient (Wildman–Crippen LogP) is 0.461. The first-order chi connectivity index (χ1) is 11.0. The molecule has 8 nitrogen and oxygen atoms in total. The third-order valence-corrected chi connectivity index (χ3v) is 4.91. The standard InChI is InChI=1S/C14H13N3O5S/c15-10-12(18)16-11(17(20)21)9(7-23-13(10)16)14(19)22-6-8-4-2-1-3-5-8/h1-5,10,13H,6-7,15H2/t10?,13-/m1/s1. The van der Waals surface area contributed by atoms with E-state index < -0.39 is 34.0 Å². The molecule has 3 rings (SSSR count). The molecule has 2 heterocycles. The van der Waals surface area contributed by atoms with E-state index in [9.17, 15) is 19.7 Å². The molecule has 0 bridgehead atoms. The molecule has 1 aromatic rings. The van der Waals surface area contributed by atoms with Crippen LogP contribution in [0.25, 0.3) is 0 Å². The number of hydrogen-bond donors (Lipinski definition) is 1. The van der Waals surface area contributed by atoms with Crippen LogP contribution in [0.5, 0.6) is 0 Å². The summed E-state index contributed by atoms with van der Waals surface area (Å²) in [5, 5.41) is 10.8. The van der Waals surface area contributed by atoms with E-state index in [1.54, 1.807) is 24.3 Å². The highest BCUT2D eigenvalue weighted by Crippen LogP contribution is 2.39. The van der Waals surface area contributed by atoms with Crippen LogP contribution in [0.1, 0.15) is 5.56 Å². The molecule has 1 amide bonds. The predicted molar refractivity (Wildman–Crippen MR) is 81.3 cm³/mol. The summed E-state index contributed by atoms with van der Waals surface area (Å²) < 4.78 is 5.13. The summed E-state index contributed by atoms with van der Waals surface area (Å²) in [5.41, 5.74) is 6.27. The van der Waals surface area contributed by atoms with Gasteiger partial charge < -0.3 is 20.6 Å². The minimum atomic E-state index is -0.792. The van der Waals surface area contributed by atoms with Crippen LogP contribution in [0.15, 0.2) is 41.7 Å². The smallest absolute Gasteiger partial charge is 0.343 e. The van der Waals surface area contributed by atoms with Crippen molar-refractivity contribution in [2.24, 2.45) is 5.73 Å². The van der Waals surface area contributed by atoms with Gasteiger partial charge in [-0.25, -0.2) is 9.59 Å². The van der Waals surface area contributed by atoms with Crippen LogP contribution in [0.2, 0.25) is 0 Å². The van der Waals surface area contributed by atoms with Gasteiger partial charge in [-0.1, -0.05) is 30.3 Å². The van der Waals surface area contributed by atoms with Crippen molar-refractivity contribution < 1.29 is 19.2 Å². The molecule has 23 heavy (non-hydrogen) atoms. The highest BCUT2D eigenvalue weighted by atomic mass is 32.2. The number of hydrogen-bond acceptors (Lipinski definition) is 7. The average molecular weight is 335 g/mol. The molecule has 2 aliphatic heterocycles. The third-order valence-electron chi connectivity index (χ3n) is 3.61. The molecular weight excluding hydrogens is 322 g/mol. The van der Waals surface area contributed by atoms with Gasteiger partial charge in [0.2, 0.25) is 0 Å². The van der Waals surface area contributed by atoms with Crippen molar-refractivity contribution in [1.82, 2.24) is 4.90 Å². The fourth-order valence-electron chi connectivity index (χ4n) is 2.43. The number of esters is 1. The molecule has 120 valence electrons. The van der Waals surface area contributed by atoms with Crippen LogP contribution in [-0.2, 0) is 20.9 Å². The summed E-state index contributed by atoms with van der Waals surface area (Å²) in [7, 11) is 0. The largest absolute Gasteiger partial charge is 0.457 e. The molecule has 0 aromatic heterocycles. The van der Waals surface area contributed by atoms with Crippen LogP contribution in [0.3, 0.4) is 0 Å². The lowest BCUT2D eigenvalue weighted by atomic mass is 10.1. The van der Waals surface area contributed by atoms with Crippen LogP contribution in [0, 0.1) is 10.1 Å². The number of carbonyl (C=O) groups is 2. The maximum absolute atomic E-state index is 12.2. The maximum Gasteiger partial charge on any atom is 0.343 e. The molecule has 1 aromatic carbocycles. The summed E-state index contributed by atoms with van der Waals surface area (Å²) in [6, 6.07) is 8.21. The lowest BCUT2D eigenvalue weighted by Gasteiger charge is -2.40. The molecule has 1 saturated heterocycles. The van der Waals surface area contributed by atoms with Gasteiger partial charge in [0.05, 0.1) is 0 Å². The Balaban J connectivity index is 1.80. The minimum Gasteiger partial charge on any atom is -0.457 e. The van der Waals surface area contributed by atoms with E-state index in [1.165, 1.54) is 11.8 Å². The van der Waals surface area contributed by atoms with Crippen LogP contribution < -0.4 is 5.73 Å². The molecule has 2 atom stereocenters. The summed E-state index contributed by atoms with van der Waals surface area (Å²) in [5.74, 6) is -1.77. The van der Waals surface area contributed by atoms with E-state index in [0.717, 1.165) is 10.5 Å². The second-order valence-corrected chi connectivity index (χ2v) is 6.16. The monoisotopic (exact) mass is 335 g/mol. The van der Waals surface area contributed by atoms with E-state index in [-0.39, 0.29) is 17.9 Å². The Morgan fingerprint density at radius 3 is 2.78 bits per heavy atom. The van der Waals surface area contributed by atoms with E-state index in [4.69, 9.17) is 10.5 Å². The third kappa shape index (κ3) is 2.68. The molecular formula is C14H13N3O5S. The number of rotatable bonds is 4. The Kier molecular flexibility index (Phi) is 4.05. The Bertz CT molecular complexity index is 706. The Morgan fingerprint density at radius 1 is 1.43 bits per heavy atom. The number of amides is 1. The first-order valence-corrected chi connectivity index (χ1v) is 7.84. The molecule has 2 aliphatic rings. The van der Waals surface area contributed by atoms with E-state index in [1.807, 2.05) is 6.07 Å². The molecule has 2 N–H and O–H groups in total. The van der Waals surface area contributed by atoms with Crippen molar-refractivity contribution in [3.8, 4) is 0 Å². The van der Waals surface area contributed by atoms with Gasteiger partial charge in [-0.15, -0.1) is 11.8 Å². The Hall–Kier alpha value is -2.39. The number of nitro groups is 1. The van der Waals surface area contributed by atoms with Crippen LogP contribution in [-0.4, -0.2) is 38.9 Å². The number of β-lactam (4-membered cyclic amide) rings is 1. The lowest BCUT2D eigenvalue weighted by Crippen LogP contribution is -2.68. The average Bonchev–Trinajstić information content (AvgIpc) is 2.58. The lowest BCUT2D eigenvalue weighted by molar-refractivity contribution is -0.447. The van der Waals surface area contributed by atoms with Gasteiger partial charge in [0.1, 0.15) is 12.2 Å².